The molecule has 0 aliphatic carbocycles. The van der Waals surface area contributed by atoms with Gasteiger partial charge in [0.2, 0.25) is 0 Å². The summed E-state index contributed by atoms with van der Waals surface area (Å²) in [6, 6.07) is 0. The topological polar surface area (TPSA) is 69.4 Å². The van der Waals surface area contributed by atoms with Gasteiger partial charge in [-0.2, -0.15) is 9.47 Å². The highest BCUT2D eigenvalue weighted by atomic mass is 35.5. The van der Waals surface area contributed by atoms with Crippen LogP contribution in [-0.4, -0.2) is 29.1 Å². The maximum atomic E-state index is 6.14. The molecular weight excluding hydrogens is 316 g/mol. The zero-order valence-electron chi connectivity index (χ0n) is 10.9. The monoisotopic (exact) mass is 326 g/mol. The zero-order valence-corrected chi connectivity index (χ0v) is 13.3. The zero-order chi connectivity index (χ0) is 14.1. The average Bonchev–Trinajstić information content (AvgIpc) is 3.04. The van der Waals surface area contributed by atoms with Crippen LogP contribution in [0.15, 0.2) is 10.5 Å². The lowest BCUT2D eigenvalue weighted by molar-refractivity contribution is 0.782. The molecule has 0 saturated heterocycles. The van der Waals surface area contributed by atoms with E-state index in [1.165, 1.54) is 11.5 Å². The minimum absolute atomic E-state index is 0.435. The third-order valence-corrected chi connectivity index (χ3v) is 4.84. The van der Waals surface area contributed by atoms with Crippen LogP contribution in [-0.2, 0) is 19.2 Å². The lowest BCUT2D eigenvalue weighted by atomic mass is 10.4. The highest BCUT2D eigenvalue weighted by molar-refractivity contribution is 8.00. The minimum atomic E-state index is 0.435. The third kappa shape index (κ3) is 2.63. The van der Waals surface area contributed by atoms with Gasteiger partial charge in [-0.15, -0.1) is 0 Å². The number of fused-ring (bicyclic) bond motifs is 1. The van der Waals surface area contributed by atoms with Gasteiger partial charge in [-0.3, -0.25) is 4.68 Å². The molecule has 0 fully saturated rings. The van der Waals surface area contributed by atoms with E-state index in [-0.39, 0.29) is 0 Å². The second-order valence-electron chi connectivity index (χ2n) is 4.05. The molecule has 3 rings (SSSR count). The molecule has 6 nitrogen and oxygen atoms in total. The number of hydrogen-bond donors (Lipinski definition) is 0. The van der Waals surface area contributed by atoms with Crippen molar-refractivity contribution < 1.29 is 0 Å². The average molecular weight is 327 g/mol. The first-order valence-electron chi connectivity index (χ1n) is 5.97. The standard InChI is InChI=1S/C11H11ClN6S2/c1-3-7-16-11(20-17-7)19-5-8-14-9(12)6-4-13-18(2)10(6)15-8/h4H,3,5H2,1-2H3. The van der Waals surface area contributed by atoms with E-state index in [4.69, 9.17) is 11.6 Å². The fraction of sp³-hybridized carbons (Fsp3) is 0.364. The van der Waals surface area contributed by atoms with Crippen LogP contribution < -0.4 is 0 Å². The van der Waals surface area contributed by atoms with Gasteiger partial charge in [-0.1, -0.05) is 30.3 Å². The van der Waals surface area contributed by atoms with Crippen LogP contribution in [0, 0.1) is 0 Å². The number of halogens is 1. The van der Waals surface area contributed by atoms with Crippen LogP contribution in [0.1, 0.15) is 18.6 Å². The lowest BCUT2D eigenvalue weighted by Crippen LogP contribution is -1.98. The van der Waals surface area contributed by atoms with Gasteiger partial charge in [0, 0.05) is 13.5 Å². The number of rotatable bonds is 4. The Bertz CT molecular complexity index is 753. The fourth-order valence-electron chi connectivity index (χ4n) is 1.66. The maximum absolute atomic E-state index is 6.14. The Kier molecular flexibility index (Phi) is 3.86. The van der Waals surface area contributed by atoms with Crippen molar-refractivity contribution >= 4 is 45.9 Å². The van der Waals surface area contributed by atoms with E-state index in [1.807, 2.05) is 14.0 Å². The molecule has 0 aliphatic rings. The molecule has 0 aromatic carbocycles. The molecule has 3 heterocycles. The predicted molar refractivity (Wildman–Crippen MR) is 80.2 cm³/mol. The summed E-state index contributed by atoms with van der Waals surface area (Å²) < 4.78 is 6.86. The number of aryl methyl sites for hydroxylation is 2. The van der Waals surface area contributed by atoms with E-state index in [1.54, 1.807) is 22.6 Å². The van der Waals surface area contributed by atoms with E-state index in [0.29, 0.717) is 16.7 Å². The third-order valence-electron chi connectivity index (χ3n) is 2.68. The van der Waals surface area contributed by atoms with Crippen molar-refractivity contribution in [3.05, 3.63) is 23.0 Å². The van der Waals surface area contributed by atoms with Crippen molar-refractivity contribution in [1.29, 1.82) is 0 Å². The largest absolute Gasteiger partial charge is 0.250 e. The van der Waals surface area contributed by atoms with Crippen molar-refractivity contribution in [2.75, 3.05) is 0 Å². The van der Waals surface area contributed by atoms with Crippen LogP contribution in [0.5, 0.6) is 0 Å². The number of hydrogen-bond acceptors (Lipinski definition) is 7. The molecule has 0 spiro atoms. The Morgan fingerprint density at radius 2 is 2.15 bits per heavy atom. The van der Waals surface area contributed by atoms with Gasteiger partial charge in [0.1, 0.15) is 16.8 Å². The van der Waals surface area contributed by atoms with E-state index in [9.17, 15) is 0 Å². The molecule has 3 aromatic rings. The van der Waals surface area contributed by atoms with Crippen molar-refractivity contribution in [1.82, 2.24) is 29.1 Å². The molecule has 0 radical (unpaired) electrons. The van der Waals surface area contributed by atoms with Gasteiger partial charge in [-0.05, 0) is 11.5 Å². The first kappa shape index (κ1) is 13.7. The van der Waals surface area contributed by atoms with Crippen molar-refractivity contribution in [3.63, 3.8) is 0 Å². The SMILES string of the molecule is CCc1nsc(SCc2nc(Cl)c3cnn(C)c3n2)n1. The lowest BCUT2D eigenvalue weighted by Gasteiger charge is -2.00. The Balaban J connectivity index is 1.81. The molecule has 0 N–H and O–H groups in total. The molecule has 20 heavy (non-hydrogen) atoms. The van der Waals surface area contributed by atoms with Crippen LogP contribution >= 0.6 is 34.9 Å². The molecule has 9 heteroatoms. The van der Waals surface area contributed by atoms with Gasteiger partial charge in [0.15, 0.2) is 9.99 Å². The Labute approximate surface area is 128 Å². The second kappa shape index (κ2) is 5.63. The molecule has 3 aromatic heterocycles. The van der Waals surface area contributed by atoms with E-state index in [0.717, 1.165) is 27.6 Å². The van der Waals surface area contributed by atoms with Gasteiger partial charge in [0.05, 0.1) is 17.3 Å². The summed E-state index contributed by atoms with van der Waals surface area (Å²) in [5.41, 5.74) is 0.743. The highest BCUT2D eigenvalue weighted by Gasteiger charge is 2.11. The van der Waals surface area contributed by atoms with Gasteiger partial charge >= 0.3 is 0 Å². The number of nitrogens with zero attached hydrogens (tertiary/aromatic N) is 6. The van der Waals surface area contributed by atoms with Crippen molar-refractivity contribution in [2.24, 2.45) is 7.05 Å². The van der Waals surface area contributed by atoms with E-state index in [2.05, 4.69) is 24.4 Å². The molecule has 0 amide bonds. The summed E-state index contributed by atoms with van der Waals surface area (Å²) in [5, 5.41) is 5.34. The van der Waals surface area contributed by atoms with Crippen LogP contribution in [0.25, 0.3) is 11.0 Å². The summed E-state index contributed by atoms with van der Waals surface area (Å²) in [6.45, 7) is 2.04. The first-order valence-corrected chi connectivity index (χ1v) is 8.10. The molecule has 0 atom stereocenters. The minimum Gasteiger partial charge on any atom is -0.250 e. The molecule has 0 unspecified atom stereocenters. The fourth-order valence-corrected chi connectivity index (χ4v) is 3.44. The van der Waals surface area contributed by atoms with E-state index < -0.39 is 0 Å². The molecular formula is C11H11ClN6S2. The summed E-state index contributed by atoms with van der Waals surface area (Å²) in [7, 11) is 1.83. The Hall–Kier alpha value is -1.25. The highest BCUT2D eigenvalue weighted by Crippen LogP contribution is 2.25. The summed E-state index contributed by atoms with van der Waals surface area (Å²) in [5.74, 6) is 2.15. The number of thioether (sulfide) groups is 1. The summed E-state index contributed by atoms with van der Waals surface area (Å²) in [6.07, 6.45) is 2.52. The normalized spacial score (nSPS) is 11.3. The van der Waals surface area contributed by atoms with Gasteiger partial charge < -0.3 is 0 Å². The van der Waals surface area contributed by atoms with Crippen LogP contribution in [0.3, 0.4) is 0 Å². The van der Waals surface area contributed by atoms with Crippen molar-refractivity contribution in [2.45, 2.75) is 23.4 Å². The molecule has 0 bridgehead atoms. The first-order chi connectivity index (χ1) is 9.67. The molecule has 0 saturated carbocycles. The molecule has 0 aliphatic heterocycles. The van der Waals surface area contributed by atoms with Crippen LogP contribution in [0.4, 0.5) is 0 Å². The molecule has 104 valence electrons. The number of aromatic nitrogens is 6. The predicted octanol–water partition coefficient (Wildman–Crippen LogP) is 2.72. The second-order valence-corrected chi connectivity index (χ2v) is 6.39. The Morgan fingerprint density at radius 3 is 2.90 bits per heavy atom. The summed E-state index contributed by atoms with van der Waals surface area (Å²) >= 11 is 9.11. The summed E-state index contributed by atoms with van der Waals surface area (Å²) in [4.78, 5) is 13.2. The maximum Gasteiger partial charge on any atom is 0.170 e. The van der Waals surface area contributed by atoms with Gasteiger partial charge in [0.25, 0.3) is 0 Å². The quantitative estimate of drug-likeness (QED) is 0.542. The smallest absolute Gasteiger partial charge is 0.170 e. The van der Waals surface area contributed by atoms with Gasteiger partial charge in [-0.25, -0.2) is 15.0 Å². The Morgan fingerprint density at radius 1 is 1.30 bits per heavy atom. The van der Waals surface area contributed by atoms with Crippen LogP contribution in [0.2, 0.25) is 5.15 Å². The van der Waals surface area contributed by atoms with E-state index >= 15 is 0 Å². The van der Waals surface area contributed by atoms with Crippen molar-refractivity contribution in [3.8, 4) is 0 Å².